The maximum absolute atomic E-state index is 13.0. The summed E-state index contributed by atoms with van der Waals surface area (Å²) in [6.45, 7) is -2.96. The Morgan fingerprint density at radius 2 is 1.79 bits per heavy atom. The number of rotatable bonds is 6. The first-order valence-electron chi connectivity index (χ1n) is 8.31. The first-order chi connectivity index (χ1) is 13.7. The summed E-state index contributed by atoms with van der Waals surface area (Å²) >= 11 is 0. The molecule has 1 heterocycles. The number of hydrogen-bond donors (Lipinski definition) is 0. The van der Waals surface area contributed by atoms with Crippen LogP contribution >= 0.6 is 0 Å². The molecule has 0 aliphatic carbocycles. The van der Waals surface area contributed by atoms with Gasteiger partial charge in [0.05, 0.1) is 17.0 Å². The second kappa shape index (κ2) is 7.78. The van der Waals surface area contributed by atoms with Gasteiger partial charge < -0.3 is 9.32 Å². The highest BCUT2D eigenvalue weighted by Gasteiger charge is 2.34. The number of para-hydroxylation sites is 3. The minimum Gasteiger partial charge on any atom is -0.408 e. The van der Waals surface area contributed by atoms with Gasteiger partial charge in [-0.3, -0.25) is 19.5 Å². The number of alkyl halides is 3. The van der Waals surface area contributed by atoms with Gasteiger partial charge in [0.15, 0.2) is 5.58 Å². The fourth-order valence-electron chi connectivity index (χ4n) is 2.88. The van der Waals surface area contributed by atoms with Crippen molar-refractivity contribution in [1.29, 1.82) is 0 Å². The number of aromatic nitrogens is 1. The maximum Gasteiger partial charge on any atom is 0.420 e. The van der Waals surface area contributed by atoms with Gasteiger partial charge in [-0.2, -0.15) is 13.2 Å². The van der Waals surface area contributed by atoms with Crippen LogP contribution < -0.4 is 5.76 Å². The van der Waals surface area contributed by atoms with Crippen LogP contribution in [0, 0.1) is 10.1 Å². The van der Waals surface area contributed by atoms with Crippen molar-refractivity contribution in [2.24, 2.45) is 0 Å². The van der Waals surface area contributed by atoms with E-state index < -0.39 is 48.1 Å². The number of hydrogen-bond acceptors (Lipinski definition) is 5. The molecule has 29 heavy (non-hydrogen) atoms. The fourth-order valence-corrected chi connectivity index (χ4v) is 2.88. The van der Waals surface area contributed by atoms with E-state index in [0.717, 1.165) is 10.6 Å². The molecular weight excluding hydrogens is 395 g/mol. The van der Waals surface area contributed by atoms with Gasteiger partial charge in [-0.25, -0.2) is 4.79 Å². The topological polar surface area (TPSA) is 98.6 Å². The lowest BCUT2D eigenvalue weighted by Gasteiger charge is -2.24. The van der Waals surface area contributed by atoms with Crippen LogP contribution in [0.2, 0.25) is 0 Å². The Labute approximate surface area is 160 Å². The van der Waals surface area contributed by atoms with E-state index in [-0.39, 0.29) is 16.7 Å². The molecule has 0 bridgehead atoms. The second-order valence-corrected chi connectivity index (χ2v) is 6.17. The number of nitro groups is 1. The van der Waals surface area contributed by atoms with Crippen LogP contribution in [-0.4, -0.2) is 33.0 Å². The minimum absolute atomic E-state index is 0.0560. The summed E-state index contributed by atoms with van der Waals surface area (Å²) in [5.41, 5.74) is -0.0206. The molecule has 1 aromatic heterocycles. The van der Waals surface area contributed by atoms with Crippen LogP contribution in [0.1, 0.15) is 5.56 Å². The quantitative estimate of drug-likeness (QED) is 0.460. The summed E-state index contributed by atoms with van der Waals surface area (Å²) in [5, 5.41) is 11.1. The van der Waals surface area contributed by atoms with Crippen LogP contribution in [0.15, 0.2) is 57.7 Å². The van der Waals surface area contributed by atoms with Crippen molar-refractivity contribution < 1.29 is 27.3 Å². The van der Waals surface area contributed by atoms with Gasteiger partial charge in [-0.05, 0) is 12.1 Å². The molecule has 0 saturated heterocycles. The number of carbonyl (C=O) groups is 1. The van der Waals surface area contributed by atoms with E-state index in [0.29, 0.717) is 4.90 Å². The average Bonchev–Trinajstić information content (AvgIpc) is 2.96. The zero-order valence-corrected chi connectivity index (χ0v) is 14.8. The number of nitrogens with zero attached hydrogens (tertiary/aromatic N) is 3. The molecule has 8 nitrogen and oxygen atoms in total. The Bertz CT molecular complexity index is 1120. The highest BCUT2D eigenvalue weighted by atomic mass is 19.4. The first kappa shape index (κ1) is 20.1. The molecule has 1 amide bonds. The lowest BCUT2D eigenvalue weighted by molar-refractivity contribution is -0.385. The Hall–Kier alpha value is -3.63. The van der Waals surface area contributed by atoms with Crippen molar-refractivity contribution in [3.05, 3.63) is 74.8 Å². The highest BCUT2D eigenvalue weighted by Crippen LogP contribution is 2.23. The zero-order valence-electron chi connectivity index (χ0n) is 14.8. The third-order valence-corrected chi connectivity index (χ3v) is 4.14. The standard InChI is InChI=1S/C18H14F3N3O5/c19-18(20,21)11-22(9-12-5-1-2-6-13(12)24(27)28)16(25)10-23-14-7-3-4-8-15(14)29-17(23)26/h1-8H,9-11H2. The van der Waals surface area contributed by atoms with E-state index in [9.17, 15) is 32.9 Å². The average molecular weight is 409 g/mol. The van der Waals surface area contributed by atoms with E-state index in [1.54, 1.807) is 12.1 Å². The van der Waals surface area contributed by atoms with E-state index in [1.807, 2.05) is 0 Å². The van der Waals surface area contributed by atoms with E-state index in [2.05, 4.69) is 0 Å². The molecule has 11 heteroatoms. The van der Waals surface area contributed by atoms with E-state index >= 15 is 0 Å². The van der Waals surface area contributed by atoms with Gasteiger partial charge in [-0.1, -0.05) is 30.3 Å². The van der Waals surface area contributed by atoms with Crippen molar-refractivity contribution in [3.8, 4) is 0 Å². The predicted octanol–water partition coefficient (Wildman–Crippen LogP) is 3.09. The van der Waals surface area contributed by atoms with Crippen molar-refractivity contribution in [2.75, 3.05) is 6.54 Å². The summed E-state index contributed by atoms with van der Waals surface area (Å²) in [6.07, 6.45) is -4.73. The molecule has 3 aromatic rings. The number of nitro benzene ring substituents is 1. The molecule has 0 fully saturated rings. The summed E-state index contributed by atoms with van der Waals surface area (Å²) in [4.78, 5) is 35.4. The molecule has 0 aliphatic rings. The van der Waals surface area contributed by atoms with Gasteiger partial charge in [0, 0.05) is 11.6 Å². The van der Waals surface area contributed by atoms with Gasteiger partial charge in [0.2, 0.25) is 5.91 Å². The number of benzene rings is 2. The van der Waals surface area contributed by atoms with Crippen LogP contribution in [0.5, 0.6) is 0 Å². The SMILES string of the molecule is O=C(Cn1c(=O)oc2ccccc21)N(Cc1ccccc1[N+](=O)[O-])CC(F)(F)F. The Balaban J connectivity index is 1.92. The lowest BCUT2D eigenvalue weighted by Crippen LogP contribution is -2.41. The summed E-state index contributed by atoms with van der Waals surface area (Å²) in [7, 11) is 0. The van der Waals surface area contributed by atoms with Gasteiger partial charge >= 0.3 is 11.9 Å². The van der Waals surface area contributed by atoms with Crippen molar-refractivity contribution in [1.82, 2.24) is 9.47 Å². The number of halogens is 3. The maximum atomic E-state index is 13.0. The monoisotopic (exact) mass is 409 g/mol. The third kappa shape index (κ3) is 4.62. The largest absolute Gasteiger partial charge is 0.420 e. The molecule has 0 spiro atoms. The smallest absolute Gasteiger partial charge is 0.408 e. The Morgan fingerprint density at radius 3 is 2.48 bits per heavy atom. The molecule has 152 valence electrons. The second-order valence-electron chi connectivity index (χ2n) is 6.17. The lowest BCUT2D eigenvalue weighted by atomic mass is 10.1. The molecule has 3 rings (SSSR count). The normalized spacial score (nSPS) is 11.6. The third-order valence-electron chi connectivity index (χ3n) is 4.14. The van der Waals surface area contributed by atoms with Crippen molar-refractivity contribution in [3.63, 3.8) is 0 Å². The number of fused-ring (bicyclic) bond motifs is 1. The molecule has 0 aliphatic heterocycles. The Morgan fingerprint density at radius 1 is 1.14 bits per heavy atom. The van der Waals surface area contributed by atoms with E-state index in [4.69, 9.17) is 4.42 Å². The molecule has 0 saturated carbocycles. The Kier molecular flexibility index (Phi) is 5.39. The van der Waals surface area contributed by atoms with E-state index in [1.165, 1.54) is 30.3 Å². The number of amides is 1. The summed E-state index contributed by atoms with van der Waals surface area (Å²) in [5.74, 6) is -1.92. The van der Waals surface area contributed by atoms with Gasteiger partial charge in [0.25, 0.3) is 5.69 Å². The minimum atomic E-state index is -4.73. The predicted molar refractivity (Wildman–Crippen MR) is 95.0 cm³/mol. The van der Waals surface area contributed by atoms with Crippen LogP contribution in [-0.2, 0) is 17.9 Å². The number of oxazole rings is 1. The first-order valence-corrected chi connectivity index (χ1v) is 8.31. The zero-order chi connectivity index (χ0) is 21.2. The van der Waals surface area contributed by atoms with Gasteiger partial charge in [0.1, 0.15) is 13.1 Å². The molecular formula is C18H14F3N3O5. The molecule has 0 unspecified atom stereocenters. The van der Waals surface area contributed by atoms with Crippen LogP contribution in [0.3, 0.4) is 0 Å². The van der Waals surface area contributed by atoms with Crippen LogP contribution in [0.4, 0.5) is 18.9 Å². The molecule has 0 N–H and O–H groups in total. The molecule has 0 radical (unpaired) electrons. The fraction of sp³-hybridized carbons (Fsp3) is 0.222. The highest BCUT2D eigenvalue weighted by molar-refractivity contribution is 5.79. The van der Waals surface area contributed by atoms with Crippen LogP contribution in [0.25, 0.3) is 11.1 Å². The molecule has 2 aromatic carbocycles. The van der Waals surface area contributed by atoms with Crippen molar-refractivity contribution in [2.45, 2.75) is 19.3 Å². The number of carbonyl (C=O) groups excluding carboxylic acids is 1. The summed E-state index contributed by atoms with van der Waals surface area (Å²) in [6, 6.07) is 11.4. The van der Waals surface area contributed by atoms with Gasteiger partial charge in [-0.15, -0.1) is 0 Å². The van der Waals surface area contributed by atoms with Crippen molar-refractivity contribution >= 4 is 22.7 Å². The molecule has 0 atom stereocenters. The summed E-state index contributed by atoms with van der Waals surface area (Å²) < 4.78 is 45.0.